The summed E-state index contributed by atoms with van der Waals surface area (Å²) in [6.07, 6.45) is 4.49. The van der Waals surface area contributed by atoms with Crippen molar-refractivity contribution in [2.45, 2.75) is 5.92 Å². The van der Waals surface area contributed by atoms with Gasteiger partial charge in [0.25, 0.3) is 0 Å². The molecule has 1 aliphatic carbocycles. The normalized spacial score (nSPS) is 16.6. The van der Waals surface area contributed by atoms with E-state index in [1.165, 1.54) is 16.7 Å². The van der Waals surface area contributed by atoms with E-state index in [-0.39, 0.29) is 18.9 Å². The summed E-state index contributed by atoms with van der Waals surface area (Å²) in [6.45, 7) is 0. The fourth-order valence-corrected chi connectivity index (χ4v) is 2.20. The van der Waals surface area contributed by atoms with Crippen molar-refractivity contribution in [3.63, 3.8) is 0 Å². The standard InChI is InChI=1S/C15H12.Li/c1-2-6-12(7-3-1)15-11-10-13-8-4-5-9-14(13)15;/h1-11,15H;/q;+1. The molecule has 0 nitrogen and oxygen atoms in total. The smallest absolute Gasteiger partial charge is 0.0720 e. The third-order valence-electron chi connectivity index (χ3n) is 2.96. The van der Waals surface area contributed by atoms with Crippen LogP contribution >= 0.6 is 0 Å². The van der Waals surface area contributed by atoms with Crippen molar-refractivity contribution in [2.75, 3.05) is 0 Å². The second kappa shape index (κ2) is 4.74. The van der Waals surface area contributed by atoms with Crippen LogP contribution in [0.3, 0.4) is 0 Å². The van der Waals surface area contributed by atoms with Crippen LogP contribution in [-0.2, 0) is 0 Å². The SMILES string of the molecule is C1=CC(c2ccccc2)c2ccccc21.[Li+]. The number of hydrogen-bond donors (Lipinski definition) is 0. The van der Waals surface area contributed by atoms with Crippen molar-refractivity contribution in [2.24, 2.45) is 0 Å². The van der Waals surface area contributed by atoms with Gasteiger partial charge in [0.05, 0.1) is 0 Å². The molecule has 1 unspecified atom stereocenters. The molecule has 72 valence electrons. The molecule has 0 saturated carbocycles. The van der Waals surface area contributed by atoms with Gasteiger partial charge in [-0.15, -0.1) is 0 Å². The van der Waals surface area contributed by atoms with Gasteiger partial charge in [0.15, 0.2) is 0 Å². The summed E-state index contributed by atoms with van der Waals surface area (Å²) in [5.74, 6) is 0.447. The van der Waals surface area contributed by atoms with Crippen LogP contribution < -0.4 is 18.9 Å². The van der Waals surface area contributed by atoms with Crippen LogP contribution in [0.25, 0.3) is 6.08 Å². The van der Waals surface area contributed by atoms with Crippen LogP contribution in [0.4, 0.5) is 0 Å². The van der Waals surface area contributed by atoms with Crippen molar-refractivity contribution in [3.05, 3.63) is 77.4 Å². The monoisotopic (exact) mass is 199 g/mol. The van der Waals surface area contributed by atoms with Crippen LogP contribution in [0.2, 0.25) is 0 Å². The summed E-state index contributed by atoms with van der Waals surface area (Å²) < 4.78 is 0. The number of fused-ring (bicyclic) bond motifs is 1. The zero-order valence-electron chi connectivity index (χ0n) is 9.43. The number of hydrogen-bond acceptors (Lipinski definition) is 0. The van der Waals surface area contributed by atoms with Crippen molar-refractivity contribution in [1.29, 1.82) is 0 Å². The zero-order valence-corrected chi connectivity index (χ0v) is 9.43. The summed E-state index contributed by atoms with van der Waals surface area (Å²) in [5, 5.41) is 0. The molecule has 1 aliphatic rings. The van der Waals surface area contributed by atoms with Crippen LogP contribution in [0.5, 0.6) is 0 Å². The largest absolute Gasteiger partial charge is 1.00 e. The number of benzene rings is 2. The van der Waals surface area contributed by atoms with Crippen LogP contribution in [0.1, 0.15) is 22.6 Å². The second-order valence-corrected chi connectivity index (χ2v) is 3.88. The molecule has 0 bridgehead atoms. The predicted octanol–water partition coefficient (Wildman–Crippen LogP) is 0.849. The Morgan fingerprint density at radius 1 is 0.750 bits per heavy atom. The maximum atomic E-state index is 2.28. The predicted molar refractivity (Wildman–Crippen MR) is 63.8 cm³/mol. The Morgan fingerprint density at radius 2 is 1.44 bits per heavy atom. The molecule has 1 atom stereocenters. The molecule has 0 saturated heterocycles. The Hall–Kier alpha value is -1.22. The fourth-order valence-electron chi connectivity index (χ4n) is 2.20. The van der Waals surface area contributed by atoms with E-state index in [0.29, 0.717) is 5.92 Å². The van der Waals surface area contributed by atoms with Gasteiger partial charge in [0.1, 0.15) is 0 Å². The fraction of sp³-hybridized carbons (Fsp3) is 0.0667. The Labute approximate surface area is 108 Å². The molecule has 0 aliphatic heterocycles. The molecular formula is C15H12Li+. The van der Waals surface area contributed by atoms with Crippen molar-refractivity contribution < 1.29 is 18.9 Å². The van der Waals surface area contributed by atoms with Crippen molar-refractivity contribution in [3.8, 4) is 0 Å². The molecular weight excluding hydrogens is 187 g/mol. The van der Waals surface area contributed by atoms with E-state index in [4.69, 9.17) is 0 Å². The first kappa shape index (κ1) is 11.3. The molecule has 0 spiro atoms. The van der Waals surface area contributed by atoms with E-state index in [9.17, 15) is 0 Å². The zero-order chi connectivity index (χ0) is 10.1. The first-order valence-corrected chi connectivity index (χ1v) is 5.27. The minimum absolute atomic E-state index is 0. The first-order valence-electron chi connectivity index (χ1n) is 5.27. The van der Waals surface area contributed by atoms with E-state index >= 15 is 0 Å². The van der Waals surface area contributed by atoms with Crippen LogP contribution in [-0.4, -0.2) is 0 Å². The third kappa shape index (κ3) is 1.87. The summed E-state index contributed by atoms with van der Waals surface area (Å²) in [7, 11) is 0. The van der Waals surface area contributed by atoms with Crippen LogP contribution in [0, 0.1) is 0 Å². The average molecular weight is 199 g/mol. The van der Waals surface area contributed by atoms with Crippen molar-refractivity contribution in [1.82, 2.24) is 0 Å². The van der Waals surface area contributed by atoms with Crippen molar-refractivity contribution >= 4 is 6.08 Å². The molecule has 0 amide bonds. The minimum Gasteiger partial charge on any atom is -0.0720 e. The Balaban J connectivity index is 0.000000963. The summed E-state index contributed by atoms with van der Waals surface area (Å²) in [4.78, 5) is 0. The summed E-state index contributed by atoms with van der Waals surface area (Å²) in [5.41, 5.74) is 4.15. The van der Waals surface area contributed by atoms with E-state index in [2.05, 4.69) is 66.7 Å². The third-order valence-corrected chi connectivity index (χ3v) is 2.96. The van der Waals surface area contributed by atoms with E-state index < -0.39 is 0 Å². The molecule has 0 radical (unpaired) electrons. The van der Waals surface area contributed by atoms with Gasteiger partial charge in [-0.25, -0.2) is 0 Å². The Bertz CT molecular complexity index is 500. The molecule has 0 fully saturated rings. The van der Waals surface area contributed by atoms with E-state index in [1.54, 1.807) is 0 Å². The maximum absolute atomic E-state index is 2.28. The average Bonchev–Trinajstić information content (AvgIpc) is 2.74. The maximum Gasteiger partial charge on any atom is 1.00 e. The molecule has 0 N–H and O–H groups in total. The molecule has 3 rings (SSSR count). The van der Waals surface area contributed by atoms with Gasteiger partial charge < -0.3 is 0 Å². The van der Waals surface area contributed by atoms with E-state index in [1.807, 2.05) is 0 Å². The van der Waals surface area contributed by atoms with E-state index in [0.717, 1.165) is 0 Å². The molecule has 0 aromatic heterocycles. The Morgan fingerprint density at radius 3 is 2.25 bits per heavy atom. The quantitative estimate of drug-likeness (QED) is 0.597. The van der Waals surface area contributed by atoms with Gasteiger partial charge in [-0.1, -0.05) is 66.7 Å². The van der Waals surface area contributed by atoms with Gasteiger partial charge in [-0.2, -0.15) is 0 Å². The van der Waals surface area contributed by atoms with Gasteiger partial charge in [0.2, 0.25) is 0 Å². The molecule has 1 heteroatoms. The number of allylic oxidation sites excluding steroid dienone is 1. The van der Waals surface area contributed by atoms with Gasteiger partial charge >= 0.3 is 18.9 Å². The molecule has 0 heterocycles. The molecule has 2 aromatic rings. The topological polar surface area (TPSA) is 0 Å². The second-order valence-electron chi connectivity index (χ2n) is 3.88. The minimum atomic E-state index is 0. The Kier molecular flexibility index (Phi) is 3.34. The first-order chi connectivity index (χ1) is 7.45. The van der Waals surface area contributed by atoms with Crippen LogP contribution in [0.15, 0.2) is 60.7 Å². The molecule has 2 aromatic carbocycles. The summed E-state index contributed by atoms with van der Waals surface area (Å²) >= 11 is 0. The number of rotatable bonds is 1. The summed E-state index contributed by atoms with van der Waals surface area (Å²) in [6, 6.07) is 19.2. The van der Waals surface area contributed by atoms with Gasteiger partial charge in [-0.3, -0.25) is 0 Å². The molecule has 16 heavy (non-hydrogen) atoms. The van der Waals surface area contributed by atoms with Gasteiger partial charge in [0, 0.05) is 5.92 Å². The van der Waals surface area contributed by atoms with Gasteiger partial charge in [-0.05, 0) is 16.7 Å².